The average molecular weight is 396 g/mol. The maximum Gasteiger partial charge on any atom is 0.255 e. The van der Waals surface area contributed by atoms with E-state index in [1.807, 2.05) is 42.5 Å². The minimum absolute atomic E-state index is 0.0873. The van der Waals surface area contributed by atoms with Gasteiger partial charge in [0.05, 0.1) is 12.2 Å². The van der Waals surface area contributed by atoms with Gasteiger partial charge in [-0.25, -0.2) is 0 Å². The predicted octanol–water partition coefficient (Wildman–Crippen LogP) is 4.64. The van der Waals surface area contributed by atoms with Crippen molar-refractivity contribution in [2.24, 2.45) is 0 Å². The lowest BCUT2D eigenvalue weighted by molar-refractivity contribution is 0.0951. The largest absolute Gasteiger partial charge is 0.507 e. The van der Waals surface area contributed by atoms with Crippen LogP contribution in [0.3, 0.4) is 0 Å². The second-order valence-corrected chi connectivity index (χ2v) is 6.84. The third-order valence-electron chi connectivity index (χ3n) is 4.30. The molecule has 0 aliphatic heterocycles. The van der Waals surface area contributed by atoms with E-state index in [2.05, 4.69) is 17.4 Å². The van der Waals surface area contributed by atoms with E-state index < -0.39 is 0 Å². The van der Waals surface area contributed by atoms with Crippen molar-refractivity contribution in [2.75, 3.05) is 13.2 Å². The number of carbonyl (C=O) groups is 1. The Bertz CT molecular complexity index is 928. The molecule has 0 unspecified atom stereocenters. The molecule has 0 atom stereocenters. The summed E-state index contributed by atoms with van der Waals surface area (Å²) in [6, 6.07) is 22.5. The van der Waals surface area contributed by atoms with Gasteiger partial charge in [-0.1, -0.05) is 54.1 Å². The first-order chi connectivity index (χ1) is 13.6. The van der Waals surface area contributed by atoms with Gasteiger partial charge in [0.15, 0.2) is 0 Å². The normalized spacial score (nSPS) is 10.5. The monoisotopic (exact) mass is 395 g/mol. The topological polar surface area (TPSA) is 58.6 Å². The number of rotatable bonds is 8. The third kappa shape index (κ3) is 5.76. The number of ether oxygens (including phenoxy) is 1. The first kappa shape index (κ1) is 19.8. The summed E-state index contributed by atoms with van der Waals surface area (Å²) in [6.45, 7) is 1.05. The Morgan fingerprint density at radius 2 is 1.71 bits per heavy atom. The number of halogens is 1. The molecular formula is C23H22ClNO3. The zero-order valence-corrected chi connectivity index (χ0v) is 16.2. The van der Waals surface area contributed by atoms with Crippen LogP contribution in [0.2, 0.25) is 5.02 Å². The summed E-state index contributed by atoms with van der Waals surface area (Å²) in [7, 11) is 0. The van der Waals surface area contributed by atoms with E-state index in [1.165, 1.54) is 23.8 Å². The molecule has 5 heteroatoms. The summed E-state index contributed by atoms with van der Waals surface area (Å²) >= 11 is 5.88. The number of aromatic hydroxyl groups is 1. The van der Waals surface area contributed by atoms with E-state index in [-0.39, 0.29) is 17.2 Å². The maximum absolute atomic E-state index is 12.2. The van der Waals surface area contributed by atoms with Crippen LogP contribution < -0.4 is 10.1 Å². The molecule has 3 aromatic carbocycles. The predicted molar refractivity (Wildman–Crippen MR) is 111 cm³/mol. The molecule has 144 valence electrons. The molecule has 2 N–H and O–H groups in total. The second-order valence-electron chi connectivity index (χ2n) is 6.40. The molecule has 0 radical (unpaired) electrons. The molecule has 0 heterocycles. The molecule has 4 nitrogen and oxygen atoms in total. The van der Waals surface area contributed by atoms with Crippen molar-refractivity contribution in [1.29, 1.82) is 0 Å². The van der Waals surface area contributed by atoms with Crippen LogP contribution in [0.5, 0.6) is 11.5 Å². The number of hydrogen-bond donors (Lipinski definition) is 2. The molecule has 0 bridgehead atoms. The smallest absolute Gasteiger partial charge is 0.255 e. The molecule has 0 saturated heterocycles. The number of phenolic OH excluding ortho intramolecular Hbond substituents is 1. The Kier molecular flexibility index (Phi) is 6.93. The van der Waals surface area contributed by atoms with Gasteiger partial charge in [0.1, 0.15) is 11.5 Å². The Morgan fingerprint density at radius 1 is 0.929 bits per heavy atom. The summed E-state index contributed by atoms with van der Waals surface area (Å²) in [5.74, 6) is 0.373. The fraction of sp³-hybridized carbons (Fsp3) is 0.174. The molecule has 1 amide bonds. The van der Waals surface area contributed by atoms with Crippen LogP contribution in [0.15, 0.2) is 72.8 Å². The van der Waals surface area contributed by atoms with Crippen LogP contribution in [-0.4, -0.2) is 24.2 Å². The van der Waals surface area contributed by atoms with Crippen LogP contribution in [0, 0.1) is 0 Å². The highest BCUT2D eigenvalue weighted by Gasteiger charge is 2.11. The van der Waals surface area contributed by atoms with Gasteiger partial charge in [-0.15, -0.1) is 0 Å². The zero-order valence-electron chi connectivity index (χ0n) is 15.4. The SMILES string of the molecule is O=C(NCCc1cccc(OCCc2ccccc2)c1)c1cc(Cl)ccc1O. The lowest BCUT2D eigenvalue weighted by Gasteiger charge is -2.10. The van der Waals surface area contributed by atoms with Gasteiger partial charge >= 0.3 is 0 Å². The molecule has 0 spiro atoms. The molecule has 0 saturated carbocycles. The highest BCUT2D eigenvalue weighted by atomic mass is 35.5. The highest BCUT2D eigenvalue weighted by Crippen LogP contribution is 2.21. The van der Waals surface area contributed by atoms with Crippen LogP contribution >= 0.6 is 11.6 Å². The van der Waals surface area contributed by atoms with Crippen molar-refractivity contribution in [2.45, 2.75) is 12.8 Å². The van der Waals surface area contributed by atoms with Gasteiger partial charge < -0.3 is 15.2 Å². The number of benzene rings is 3. The van der Waals surface area contributed by atoms with Crippen LogP contribution in [-0.2, 0) is 12.8 Å². The molecule has 0 fully saturated rings. The second kappa shape index (κ2) is 9.81. The van der Waals surface area contributed by atoms with E-state index in [4.69, 9.17) is 16.3 Å². The van der Waals surface area contributed by atoms with Gasteiger partial charge in [0.25, 0.3) is 5.91 Å². The number of hydrogen-bond acceptors (Lipinski definition) is 3. The van der Waals surface area contributed by atoms with Gasteiger partial charge in [-0.2, -0.15) is 0 Å². The van der Waals surface area contributed by atoms with Crippen molar-refractivity contribution < 1.29 is 14.6 Å². The molecule has 0 aliphatic carbocycles. The van der Waals surface area contributed by atoms with E-state index in [0.29, 0.717) is 24.6 Å². The van der Waals surface area contributed by atoms with Gasteiger partial charge in [-0.3, -0.25) is 4.79 Å². The fourth-order valence-electron chi connectivity index (χ4n) is 2.83. The number of amides is 1. The first-order valence-electron chi connectivity index (χ1n) is 9.14. The molecule has 3 aromatic rings. The van der Waals surface area contributed by atoms with Crippen molar-refractivity contribution in [3.63, 3.8) is 0 Å². The number of phenols is 1. The summed E-state index contributed by atoms with van der Waals surface area (Å²) in [6.07, 6.45) is 1.51. The lowest BCUT2D eigenvalue weighted by atomic mass is 10.1. The summed E-state index contributed by atoms with van der Waals surface area (Å²) in [5, 5.41) is 13.0. The average Bonchev–Trinajstić information content (AvgIpc) is 2.71. The van der Waals surface area contributed by atoms with E-state index in [9.17, 15) is 9.90 Å². The summed E-state index contributed by atoms with van der Waals surface area (Å²) in [5.41, 5.74) is 2.48. The lowest BCUT2D eigenvalue weighted by Crippen LogP contribution is -2.25. The highest BCUT2D eigenvalue weighted by molar-refractivity contribution is 6.31. The van der Waals surface area contributed by atoms with Crippen LogP contribution in [0.25, 0.3) is 0 Å². The minimum Gasteiger partial charge on any atom is -0.507 e. The molecule has 3 rings (SSSR count). The maximum atomic E-state index is 12.2. The van der Waals surface area contributed by atoms with Crippen LogP contribution in [0.1, 0.15) is 21.5 Å². The number of carbonyl (C=O) groups excluding carboxylic acids is 1. The first-order valence-corrected chi connectivity index (χ1v) is 9.52. The molecular weight excluding hydrogens is 374 g/mol. The standard InChI is InChI=1S/C23H22ClNO3/c24-19-9-10-22(26)21(16-19)23(27)25-13-11-18-7-4-8-20(15-18)28-14-12-17-5-2-1-3-6-17/h1-10,15-16,26H,11-14H2,(H,25,27). The Balaban J connectivity index is 1.48. The van der Waals surface area contributed by atoms with E-state index >= 15 is 0 Å². The van der Waals surface area contributed by atoms with Crippen molar-refractivity contribution in [3.8, 4) is 11.5 Å². The Morgan fingerprint density at radius 3 is 2.54 bits per heavy atom. The van der Waals surface area contributed by atoms with Crippen LogP contribution in [0.4, 0.5) is 0 Å². The van der Waals surface area contributed by atoms with Crippen molar-refractivity contribution in [1.82, 2.24) is 5.32 Å². The quantitative estimate of drug-likeness (QED) is 0.584. The Labute approximate surface area is 169 Å². The van der Waals surface area contributed by atoms with Crippen molar-refractivity contribution >= 4 is 17.5 Å². The van der Waals surface area contributed by atoms with E-state index in [0.717, 1.165) is 17.7 Å². The summed E-state index contributed by atoms with van der Waals surface area (Å²) < 4.78 is 5.84. The van der Waals surface area contributed by atoms with Gasteiger partial charge in [-0.05, 0) is 47.9 Å². The molecule has 0 aliphatic rings. The molecule has 0 aromatic heterocycles. The third-order valence-corrected chi connectivity index (χ3v) is 4.54. The summed E-state index contributed by atoms with van der Waals surface area (Å²) in [4.78, 5) is 12.2. The Hall–Kier alpha value is -2.98. The minimum atomic E-state index is -0.352. The fourth-order valence-corrected chi connectivity index (χ4v) is 3.00. The zero-order chi connectivity index (χ0) is 19.8. The number of nitrogens with one attached hydrogen (secondary N) is 1. The van der Waals surface area contributed by atoms with Crippen molar-refractivity contribution in [3.05, 3.63) is 94.5 Å². The molecule has 28 heavy (non-hydrogen) atoms. The van der Waals surface area contributed by atoms with Gasteiger partial charge in [0, 0.05) is 18.0 Å². The van der Waals surface area contributed by atoms with Gasteiger partial charge in [0.2, 0.25) is 0 Å². The van der Waals surface area contributed by atoms with E-state index in [1.54, 1.807) is 0 Å².